The topological polar surface area (TPSA) is 112 Å². The van der Waals surface area contributed by atoms with Gasteiger partial charge in [0.25, 0.3) is 0 Å². The first-order valence-corrected chi connectivity index (χ1v) is 20.7. The minimum atomic E-state index is -1.02. The Hall–Kier alpha value is -4.79. The first-order valence-electron chi connectivity index (χ1n) is 20.7. The average molecular weight is 816 g/mol. The molecule has 3 fully saturated rings. The molecule has 11 nitrogen and oxygen atoms in total. The first-order chi connectivity index (χ1) is 29.5. The third kappa shape index (κ3) is 10.7. The molecule has 11 unspecified atom stereocenters. The van der Waals surface area contributed by atoms with Gasteiger partial charge in [0.05, 0.1) is 39.1 Å². The molecule has 0 spiro atoms. The predicted octanol–water partition coefficient (Wildman–Crippen LogP) is 7.43. The largest absolute Gasteiger partial charge is 0.368 e. The second kappa shape index (κ2) is 20.7. The van der Waals surface area contributed by atoms with Crippen molar-refractivity contribution in [2.45, 2.75) is 108 Å². The Morgan fingerprint density at radius 3 is 1.53 bits per heavy atom. The minimum absolute atomic E-state index is 0.191. The lowest BCUT2D eigenvalue weighted by Gasteiger charge is -2.52. The minimum Gasteiger partial charge on any atom is -0.368 e. The molecule has 1 amide bonds. The van der Waals surface area contributed by atoms with Crippen LogP contribution < -0.4 is 5.32 Å². The van der Waals surface area contributed by atoms with Crippen molar-refractivity contribution >= 4 is 5.91 Å². The highest BCUT2D eigenvalue weighted by Crippen LogP contribution is 2.39. The Morgan fingerprint density at radius 1 is 0.550 bits per heavy atom. The standard InChI is InChI=1S/C49H53NO10/c1-33-42(52-28-35-18-8-3-9-19-35)45(53-29-36-20-10-4-11-21-36)46(54-30-37-22-12-5-13-23-37)49(57-33)60-44-41(50-34(2)51)48(55-31-38-24-14-6-15-25-38)58-40-32-56-47(59-43(40)44)39-26-16-7-17-27-39/h3-27,33,40-49H,28-32H2,1-2H3,(H,50,51). The zero-order valence-corrected chi connectivity index (χ0v) is 33.9. The number of nitrogens with one attached hydrogen (secondary N) is 1. The van der Waals surface area contributed by atoms with Gasteiger partial charge in [-0.3, -0.25) is 4.79 Å². The Morgan fingerprint density at radius 2 is 1.02 bits per heavy atom. The fraction of sp³-hybridized carbons (Fsp3) is 0.367. The molecule has 11 atom stereocenters. The molecule has 60 heavy (non-hydrogen) atoms. The molecule has 314 valence electrons. The van der Waals surface area contributed by atoms with Gasteiger partial charge in [0, 0.05) is 12.5 Å². The van der Waals surface area contributed by atoms with E-state index in [9.17, 15) is 4.79 Å². The number of benzene rings is 5. The number of hydrogen-bond acceptors (Lipinski definition) is 10. The molecular formula is C49H53NO10. The molecule has 1 N–H and O–H groups in total. The monoisotopic (exact) mass is 815 g/mol. The van der Waals surface area contributed by atoms with Gasteiger partial charge in [-0.1, -0.05) is 152 Å². The zero-order valence-electron chi connectivity index (χ0n) is 33.9. The summed E-state index contributed by atoms with van der Waals surface area (Å²) in [4.78, 5) is 13.1. The van der Waals surface area contributed by atoms with Crippen LogP contribution in [0.25, 0.3) is 0 Å². The zero-order chi connectivity index (χ0) is 41.1. The van der Waals surface area contributed by atoms with Gasteiger partial charge in [0.15, 0.2) is 18.9 Å². The highest BCUT2D eigenvalue weighted by Gasteiger charge is 2.55. The summed E-state index contributed by atoms with van der Waals surface area (Å²) in [7, 11) is 0. The highest BCUT2D eigenvalue weighted by molar-refractivity contribution is 5.73. The summed E-state index contributed by atoms with van der Waals surface area (Å²) >= 11 is 0. The summed E-state index contributed by atoms with van der Waals surface area (Å²) in [5.74, 6) is -0.288. The average Bonchev–Trinajstić information content (AvgIpc) is 3.29. The highest BCUT2D eigenvalue weighted by atomic mass is 16.8. The van der Waals surface area contributed by atoms with E-state index in [4.69, 9.17) is 42.6 Å². The van der Waals surface area contributed by atoms with Gasteiger partial charge < -0.3 is 47.9 Å². The quantitative estimate of drug-likeness (QED) is 0.108. The Kier molecular flexibility index (Phi) is 14.4. The van der Waals surface area contributed by atoms with E-state index in [2.05, 4.69) is 5.32 Å². The van der Waals surface area contributed by atoms with Crippen LogP contribution in [0, 0.1) is 0 Å². The smallest absolute Gasteiger partial charge is 0.217 e. The maximum Gasteiger partial charge on any atom is 0.217 e. The number of amides is 1. The molecule has 3 saturated heterocycles. The molecule has 3 aliphatic heterocycles. The van der Waals surface area contributed by atoms with E-state index in [1.165, 1.54) is 6.92 Å². The van der Waals surface area contributed by atoms with Crippen molar-refractivity contribution in [1.82, 2.24) is 5.32 Å². The van der Waals surface area contributed by atoms with E-state index < -0.39 is 67.6 Å². The maximum absolute atomic E-state index is 13.1. The summed E-state index contributed by atoms with van der Waals surface area (Å²) in [6.07, 6.45) is -7.38. The third-order valence-electron chi connectivity index (χ3n) is 10.9. The van der Waals surface area contributed by atoms with Crippen molar-refractivity contribution in [3.8, 4) is 0 Å². The molecule has 8 rings (SSSR count). The molecule has 0 aromatic heterocycles. The van der Waals surface area contributed by atoms with Crippen LogP contribution in [0.15, 0.2) is 152 Å². The van der Waals surface area contributed by atoms with Gasteiger partial charge in [-0.2, -0.15) is 0 Å². The number of ether oxygens (including phenoxy) is 9. The van der Waals surface area contributed by atoms with Crippen molar-refractivity contribution in [1.29, 1.82) is 0 Å². The van der Waals surface area contributed by atoms with Crippen LogP contribution in [0.5, 0.6) is 0 Å². The predicted molar refractivity (Wildman–Crippen MR) is 222 cm³/mol. The van der Waals surface area contributed by atoms with Crippen LogP contribution in [0.3, 0.4) is 0 Å². The summed E-state index contributed by atoms with van der Waals surface area (Å²) in [6, 6.07) is 48.6. The Labute approximate surface area is 351 Å². The maximum atomic E-state index is 13.1. The first kappa shape index (κ1) is 41.9. The fourth-order valence-electron chi connectivity index (χ4n) is 7.93. The number of fused-ring (bicyclic) bond motifs is 1. The van der Waals surface area contributed by atoms with E-state index >= 15 is 0 Å². The van der Waals surface area contributed by atoms with E-state index in [0.29, 0.717) is 13.2 Å². The Bertz CT molecular complexity index is 2030. The molecular weight excluding hydrogens is 763 g/mol. The van der Waals surface area contributed by atoms with Crippen molar-refractivity contribution < 1.29 is 47.4 Å². The summed E-state index contributed by atoms with van der Waals surface area (Å²) < 4.78 is 60.6. The molecule has 3 heterocycles. The van der Waals surface area contributed by atoms with Crippen molar-refractivity contribution in [3.63, 3.8) is 0 Å². The Balaban J connectivity index is 1.14. The van der Waals surface area contributed by atoms with Crippen molar-refractivity contribution in [3.05, 3.63) is 179 Å². The van der Waals surface area contributed by atoms with Crippen LogP contribution in [0.4, 0.5) is 0 Å². The molecule has 11 heteroatoms. The van der Waals surface area contributed by atoms with Gasteiger partial charge in [-0.25, -0.2) is 0 Å². The fourth-order valence-corrected chi connectivity index (χ4v) is 7.93. The number of rotatable bonds is 16. The number of hydrogen-bond donors (Lipinski definition) is 1. The van der Waals surface area contributed by atoms with Crippen LogP contribution in [0.2, 0.25) is 0 Å². The molecule has 5 aromatic rings. The third-order valence-corrected chi connectivity index (χ3v) is 10.9. The number of carbonyl (C=O) groups excluding carboxylic acids is 1. The van der Waals surface area contributed by atoms with Gasteiger partial charge in [0.2, 0.25) is 5.91 Å². The van der Waals surface area contributed by atoms with Crippen LogP contribution in [-0.4, -0.2) is 73.9 Å². The SMILES string of the molecule is CC(=O)NC1C(OCc2ccccc2)OC2COC(c3ccccc3)OC2C1OC1OC(C)C(OCc2ccccc2)C(OCc2ccccc2)C1OCc1ccccc1. The summed E-state index contributed by atoms with van der Waals surface area (Å²) in [5, 5.41) is 3.10. The van der Waals surface area contributed by atoms with E-state index in [-0.39, 0.29) is 25.7 Å². The van der Waals surface area contributed by atoms with E-state index in [1.807, 2.05) is 159 Å². The van der Waals surface area contributed by atoms with Crippen LogP contribution in [0.1, 0.15) is 48.0 Å². The van der Waals surface area contributed by atoms with E-state index in [0.717, 1.165) is 27.8 Å². The lowest BCUT2D eigenvalue weighted by Crippen LogP contribution is -2.69. The summed E-state index contributed by atoms with van der Waals surface area (Å²) in [6.45, 7) is 4.72. The van der Waals surface area contributed by atoms with E-state index in [1.54, 1.807) is 0 Å². The molecule has 0 aliphatic carbocycles. The number of carbonyl (C=O) groups is 1. The second-order valence-corrected chi connectivity index (χ2v) is 15.3. The van der Waals surface area contributed by atoms with Crippen LogP contribution in [-0.2, 0) is 73.9 Å². The second-order valence-electron chi connectivity index (χ2n) is 15.3. The van der Waals surface area contributed by atoms with Crippen LogP contribution >= 0.6 is 0 Å². The lowest BCUT2D eigenvalue weighted by atomic mass is 9.94. The van der Waals surface area contributed by atoms with Gasteiger partial charge in [-0.05, 0) is 29.2 Å². The molecule has 0 radical (unpaired) electrons. The lowest BCUT2D eigenvalue weighted by molar-refractivity contribution is -0.383. The van der Waals surface area contributed by atoms with Crippen molar-refractivity contribution in [2.24, 2.45) is 0 Å². The molecule has 0 bridgehead atoms. The van der Waals surface area contributed by atoms with Gasteiger partial charge in [-0.15, -0.1) is 0 Å². The van der Waals surface area contributed by atoms with Gasteiger partial charge in [0.1, 0.15) is 42.7 Å². The molecule has 5 aromatic carbocycles. The van der Waals surface area contributed by atoms with Crippen molar-refractivity contribution in [2.75, 3.05) is 6.61 Å². The molecule has 3 aliphatic rings. The van der Waals surface area contributed by atoms with Gasteiger partial charge >= 0.3 is 0 Å². The molecule has 0 saturated carbocycles. The summed E-state index contributed by atoms with van der Waals surface area (Å²) in [5.41, 5.74) is 4.77. The normalized spacial score (nSPS) is 29.0.